The Balaban J connectivity index is 2.26. The molecule has 0 aliphatic carbocycles. The quantitative estimate of drug-likeness (QED) is 0.470. The van der Waals surface area contributed by atoms with E-state index in [1.165, 1.54) is 0 Å². The second kappa shape index (κ2) is 4.72. The zero-order chi connectivity index (χ0) is 10.6. The minimum absolute atomic E-state index is 0.242. The molecular formula is C7H14N2O4S. The SMILES string of the molecule is O=CN1CCN(CCS(=O)(=O)O)CC1. The number of carbonyl (C=O) groups excluding carboxylic acids is 1. The van der Waals surface area contributed by atoms with Crippen LogP contribution in [0.25, 0.3) is 0 Å². The topological polar surface area (TPSA) is 77.9 Å². The molecule has 0 spiro atoms. The van der Waals surface area contributed by atoms with Crippen LogP contribution in [0.1, 0.15) is 0 Å². The van der Waals surface area contributed by atoms with E-state index in [9.17, 15) is 13.2 Å². The third-order valence-electron chi connectivity index (χ3n) is 2.22. The maximum atomic E-state index is 10.5. The summed E-state index contributed by atoms with van der Waals surface area (Å²) in [6, 6.07) is 0. The van der Waals surface area contributed by atoms with Gasteiger partial charge in [-0.3, -0.25) is 14.2 Å². The van der Waals surface area contributed by atoms with Crippen LogP contribution in [-0.4, -0.2) is 67.7 Å². The molecule has 1 amide bonds. The van der Waals surface area contributed by atoms with Crippen molar-refractivity contribution in [3.8, 4) is 0 Å². The molecule has 1 aliphatic heterocycles. The zero-order valence-corrected chi connectivity index (χ0v) is 8.61. The third-order valence-corrected chi connectivity index (χ3v) is 2.92. The predicted molar refractivity (Wildman–Crippen MR) is 50.5 cm³/mol. The van der Waals surface area contributed by atoms with Gasteiger partial charge in [0.2, 0.25) is 6.41 Å². The average molecular weight is 222 g/mol. The maximum Gasteiger partial charge on any atom is 0.266 e. The van der Waals surface area contributed by atoms with E-state index in [0.717, 1.165) is 6.41 Å². The van der Waals surface area contributed by atoms with Gasteiger partial charge in [0.1, 0.15) is 0 Å². The fourth-order valence-corrected chi connectivity index (χ4v) is 1.83. The second-order valence-corrected chi connectivity index (χ2v) is 4.84. The van der Waals surface area contributed by atoms with Crippen molar-refractivity contribution in [2.24, 2.45) is 0 Å². The first-order valence-corrected chi connectivity index (χ1v) is 5.99. The highest BCUT2D eigenvalue weighted by Gasteiger charge is 2.16. The summed E-state index contributed by atoms with van der Waals surface area (Å²) in [5, 5.41) is 0. The van der Waals surface area contributed by atoms with Gasteiger partial charge in [-0.2, -0.15) is 8.42 Å². The van der Waals surface area contributed by atoms with Gasteiger partial charge in [0, 0.05) is 32.7 Å². The molecule has 0 bridgehead atoms. The molecule has 0 unspecified atom stereocenters. The fourth-order valence-electron chi connectivity index (χ4n) is 1.34. The Morgan fingerprint density at radius 3 is 2.21 bits per heavy atom. The van der Waals surface area contributed by atoms with Crippen molar-refractivity contribution >= 4 is 16.5 Å². The highest BCUT2D eigenvalue weighted by molar-refractivity contribution is 7.85. The van der Waals surface area contributed by atoms with E-state index in [0.29, 0.717) is 32.7 Å². The highest BCUT2D eigenvalue weighted by atomic mass is 32.2. The van der Waals surface area contributed by atoms with Gasteiger partial charge in [-0.1, -0.05) is 0 Å². The Kier molecular flexibility index (Phi) is 3.85. The van der Waals surface area contributed by atoms with Crippen LogP contribution in [0.5, 0.6) is 0 Å². The van der Waals surface area contributed by atoms with Crippen molar-refractivity contribution in [2.75, 3.05) is 38.5 Å². The van der Waals surface area contributed by atoms with Crippen LogP contribution in [0, 0.1) is 0 Å². The van der Waals surface area contributed by atoms with Gasteiger partial charge >= 0.3 is 0 Å². The molecule has 1 heterocycles. The van der Waals surface area contributed by atoms with Gasteiger partial charge in [-0.15, -0.1) is 0 Å². The number of rotatable bonds is 4. The van der Waals surface area contributed by atoms with Crippen molar-refractivity contribution in [3.63, 3.8) is 0 Å². The Hall–Kier alpha value is -0.660. The molecule has 1 N–H and O–H groups in total. The summed E-state index contributed by atoms with van der Waals surface area (Å²) in [6.45, 7) is 2.89. The van der Waals surface area contributed by atoms with E-state index in [-0.39, 0.29) is 5.75 Å². The van der Waals surface area contributed by atoms with Crippen molar-refractivity contribution < 1.29 is 17.8 Å². The number of nitrogens with zero attached hydrogens (tertiary/aromatic N) is 2. The van der Waals surface area contributed by atoms with Crippen molar-refractivity contribution in [1.29, 1.82) is 0 Å². The predicted octanol–water partition coefficient (Wildman–Crippen LogP) is -1.35. The van der Waals surface area contributed by atoms with Gasteiger partial charge < -0.3 is 4.90 Å². The van der Waals surface area contributed by atoms with E-state index < -0.39 is 10.1 Å². The minimum Gasteiger partial charge on any atom is -0.343 e. The highest BCUT2D eigenvalue weighted by Crippen LogP contribution is 1.99. The van der Waals surface area contributed by atoms with E-state index >= 15 is 0 Å². The van der Waals surface area contributed by atoms with Crippen LogP contribution in [-0.2, 0) is 14.9 Å². The van der Waals surface area contributed by atoms with Crippen LogP contribution < -0.4 is 0 Å². The Morgan fingerprint density at radius 1 is 1.21 bits per heavy atom. The molecule has 1 rings (SSSR count). The molecule has 0 aromatic rings. The first-order valence-electron chi connectivity index (χ1n) is 4.38. The summed E-state index contributed by atoms with van der Waals surface area (Å²) < 4.78 is 29.4. The molecule has 82 valence electrons. The largest absolute Gasteiger partial charge is 0.343 e. The lowest BCUT2D eigenvalue weighted by Gasteiger charge is -2.32. The van der Waals surface area contributed by atoms with Crippen molar-refractivity contribution in [2.45, 2.75) is 0 Å². The van der Waals surface area contributed by atoms with Gasteiger partial charge in [-0.05, 0) is 0 Å². The Labute approximate surface area is 83.2 Å². The van der Waals surface area contributed by atoms with Crippen LogP contribution in [0.2, 0.25) is 0 Å². The molecule has 0 saturated carbocycles. The monoisotopic (exact) mass is 222 g/mol. The molecule has 7 heteroatoms. The lowest BCUT2D eigenvalue weighted by molar-refractivity contribution is -0.119. The van der Waals surface area contributed by atoms with Gasteiger partial charge in [-0.25, -0.2) is 0 Å². The van der Waals surface area contributed by atoms with Crippen LogP contribution in [0.15, 0.2) is 0 Å². The Bertz CT molecular complexity index is 282. The van der Waals surface area contributed by atoms with Crippen molar-refractivity contribution in [3.05, 3.63) is 0 Å². The molecule has 6 nitrogen and oxygen atoms in total. The van der Waals surface area contributed by atoms with Crippen molar-refractivity contribution in [1.82, 2.24) is 9.80 Å². The van der Waals surface area contributed by atoms with Gasteiger partial charge in [0.25, 0.3) is 10.1 Å². The molecule has 0 atom stereocenters. The first kappa shape index (κ1) is 11.4. The summed E-state index contributed by atoms with van der Waals surface area (Å²) in [7, 11) is -3.87. The normalized spacial score (nSPS) is 19.6. The molecule has 1 aliphatic rings. The summed E-state index contributed by atoms with van der Waals surface area (Å²) in [5.41, 5.74) is 0. The molecule has 0 aromatic carbocycles. The third kappa shape index (κ3) is 4.03. The number of carbonyl (C=O) groups is 1. The summed E-state index contributed by atoms with van der Waals surface area (Å²) in [4.78, 5) is 13.9. The minimum atomic E-state index is -3.87. The van der Waals surface area contributed by atoms with E-state index in [1.54, 1.807) is 4.90 Å². The lowest BCUT2D eigenvalue weighted by atomic mass is 10.3. The second-order valence-electron chi connectivity index (χ2n) is 3.27. The molecule has 0 aromatic heterocycles. The van der Waals surface area contributed by atoms with Crippen LogP contribution >= 0.6 is 0 Å². The summed E-state index contributed by atoms with van der Waals surface area (Å²) >= 11 is 0. The van der Waals surface area contributed by atoms with Gasteiger partial charge in [0.05, 0.1) is 5.75 Å². The Morgan fingerprint density at radius 2 is 1.79 bits per heavy atom. The molecular weight excluding hydrogens is 208 g/mol. The smallest absolute Gasteiger partial charge is 0.266 e. The van der Waals surface area contributed by atoms with E-state index in [4.69, 9.17) is 4.55 Å². The lowest BCUT2D eigenvalue weighted by Crippen LogP contribution is -2.46. The number of hydrogen-bond acceptors (Lipinski definition) is 4. The summed E-state index contributed by atoms with van der Waals surface area (Å²) in [6.07, 6.45) is 0.792. The summed E-state index contributed by atoms with van der Waals surface area (Å²) in [5.74, 6) is -0.242. The molecule has 1 saturated heterocycles. The fraction of sp³-hybridized carbons (Fsp3) is 0.857. The zero-order valence-electron chi connectivity index (χ0n) is 7.79. The molecule has 14 heavy (non-hydrogen) atoms. The first-order chi connectivity index (χ1) is 6.51. The standard InChI is InChI=1S/C7H14N2O4S/c10-7-9-3-1-8(2-4-9)5-6-14(11,12)13/h7H,1-6H2,(H,11,12,13). The number of hydrogen-bond donors (Lipinski definition) is 1. The van der Waals surface area contributed by atoms with E-state index in [2.05, 4.69) is 0 Å². The maximum absolute atomic E-state index is 10.5. The molecule has 0 radical (unpaired) electrons. The molecule has 1 fully saturated rings. The van der Waals surface area contributed by atoms with Crippen LogP contribution in [0.4, 0.5) is 0 Å². The van der Waals surface area contributed by atoms with E-state index in [1.807, 2.05) is 4.90 Å². The number of piperazine rings is 1. The van der Waals surface area contributed by atoms with Crippen LogP contribution in [0.3, 0.4) is 0 Å². The van der Waals surface area contributed by atoms with Gasteiger partial charge in [0.15, 0.2) is 0 Å². The average Bonchev–Trinajstić information content (AvgIpc) is 2.14. The number of amides is 1.